The smallest absolute Gasteiger partial charge is 0.0308 e. The Bertz CT molecular complexity index is 171. The summed E-state index contributed by atoms with van der Waals surface area (Å²) in [4.78, 5) is 0. The number of hydrogen-bond acceptors (Lipinski definition) is 2. The van der Waals surface area contributed by atoms with Gasteiger partial charge in [0.25, 0.3) is 0 Å². The summed E-state index contributed by atoms with van der Waals surface area (Å²) in [6, 6.07) is 0.495. The van der Waals surface area contributed by atoms with Crippen molar-refractivity contribution in [3.8, 4) is 0 Å². The highest BCUT2D eigenvalue weighted by Gasteiger charge is 2.09. The Morgan fingerprint density at radius 2 is 2.07 bits per heavy atom. The maximum atomic E-state index is 4.02. The Balaban J connectivity index is 3.62. The molecule has 2 unspecified atom stereocenters. The standard InChI is InChI=1S/C12H27N2P/c1-6-8-9-13-10-15(5)14-12(7-2)11(3)4/h12-14H,3,6-10H2,1-2,4-5H3. The van der Waals surface area contributed by atoms with E-state index in [0.29, 0.717) is 6.04 Å². The first-order valence-corrected chi connectivity index (χ1v) is 7.92. The van der Waals surface area contributed by atoms with Crippen LogP contribution in [0.5, 0.6) is 0 Å². The van der Waals surface area contributed by atoms with Crippen LogP contribution in [-0.4, -0.2) is 25.5 Å². The van der Waals surface area contributed by atoms with Crippen LogP contribution in [0, 0.1) is 0 Å². The highest BCUT2D eigenvalue weighted by molar-refractivity contribution is 7.54. The zero-order valence-electron chi connectivity index (χ0n) is 10.8. The second-order valence-corrected chi connectivity index (χ2v) is 6.12. The fraction of sp³-hybridized carbons (Fsp3) is 0.833. The molecule has 0 aromatic heterocycles. The van der Waals surface area contributed by atoms with Crippen LogP contribution in [0.15, 0.2) is 12.2 Å². The third-order valence-corrected chi connectivity index (χ3v) is 3.89. The molecule has 2 N–H and O–H groups in total. The molecule has 90 valence electrons. The average Bonchev–Trinajstić information content (AvgIpc) is 2.20. The van der Waals surface area contributed by atoms with Crippen molar-refractivity contribution >= 4 is 8.07 Å². The van der Waals surface area contributed by atoms with Gasteiger partial charge < -0.3 is 5.32 Å². The molecule has 0 fully saturated rings. The lowest BCUT2D eigenvalue weighted by Crippen LogP contribution is -2.28. The van der Waals surface area contributed by atoms with E-state index in [4.69, 9.17) is 0 Å². The molecule has 0 aromatic rings. The topological polar surface area (TPSA) is 24.1 Å². The SMILES string of the molecule is C=C(C)C(CC)NP(C)CNCCCC. The molecule has 15 heavy (non-hydrogen) atoms. The van der Waals surface area contributed by atoms with Crippen LogP contribution in [0.2, 0.25) is 0 Å². The van der Waals surface area contributed by atoms with E-state index in [2.05, 4.69) is 44.4 Å². The zero-order chi connectivity index (χ0) is 11.7. The molecule has 0 aliphatic heterocycles. The molecule has 0 saturated carbocycles. The van der Waals surface area contributed by atoms with Crippen molar-refractivity contribution in [1.29, 1.82) is 0 Å². The molecule has 2 nitrogen and oxygen atoms in total. The van der Waals surface area contributed by atoms with Crippen LogP contribution in [0.3, 0.4) is 0 Å². The summed E-state index contributed by atoms with van der Waals surface area (Å²) in [5.74, 6) is 0. The van der Waals surface area contributed by atoms with Gasteiger partial charge in [0.15, 0.2) is 0 Å². The highest BCUT2D eigenvalue weighted by Crippen LogP contribution is 2.25. The van der Waals surface area contributed by atoms with Crippen molar-refractivity contribution in [2.45, 2.75) is 46.1 Å². The predicted octanol–water partition coefficient (Wildman–Crippen LogP) is 3.30. The largest absolute Gasteiger partial charge is 0.312 e. The molecule has 0 spiro atoms. The fourth-order valence-corrected chi connectivity index (χ4v) is 2.93. The molecule has 0 amide bonds. The van der Waals surface area contributed by atoms with E-state index in [0.717, 1.165) is 19.3 Å². The van der Waals surface area contributed by atoms with E-state index in [1.54, 1.807) is 0 Å². The van der Waals surface area contributed by atoms with Gasteiger partial charge >= 0.3 is 0 Å². The van der Waals surface area contributed by atoms with E-state index >= 15 is 0 Å². The summed E-state index contributed by atoms with van der Waals surface area (Å²) in [7, 11) is -0.0968. The van der Waals surface area contributed by atoms with Crippen molar-refractivity contribution in [3.63, 3.8) is 0 Å². The van der Waals surface area contributed by atoms with Gasteiger partial charge in [-0.2, -0.15) is 0 Å². The van der Waals surface area contributed by atoms with E-state index < -0.39 is 0 Å². The Morgan fingerprint density at radius 1 is 1.40 bits per heavy atom. The van der Waals surface area contributed by atoms with Gasteiger partial charge in [-0.05, 0) is 41.0 Å². The minimum Gasteiger partial charge on any atom is -0.312 e. The van der Waals surface area contributed by atoms with Crippen molar-refractivity contribution in [2.24, 2.45) is 0 Å². The second-order valence-electron chi connectivity index (χ2n) is 4.15. The molecular formula is C12H27N2P. The predicted molar refractivity (Wildman–Crippen MR) is 72.7 cm³/mol. The number of unbranched alkanes of at least 4 members (excludes halogenated alkanes) is 1. The molecule has 2 atom stereocenters. The minimum atomic E-state index is -0.0968. The highest BCUT2D eigenvalue weighted by atomic mass is 31.1. The normalized spacial score (nSPS) is 14.9. The van der Waals surface area contributed by atoms with Crippen LogP contribution in [-0.2, 0) is 0 Å². The van der Waals surface area contributed by atoms with E-state index in [1.807, 2.05) is 0 Å². The van der Waals surface area contributed by atoms with Gasteiger partial charge in [-0.3, -0.25) is 5.09 Å². The summed E-state index contributed by atoms with van der Waals surface area (Å²) in [5.41, 5.74) is 1.25. The lowest BCUT2D eigenvalue weighted by molar-refractivity contribution is 0.671. The summed E-state index contributed by atoms with van der Waals surface area (Å²) >= 11 is 0. The molecule has 0 saturated heterocycles. The molecule has 0 bridgehead atoms. The third-order valence-electron chi connectivity index (χ3n) is 2.44. The van der Waals surface area contributed by atoms with Gasteiger partial charge in [-0.25, -0.2) is 0 Å². The molecular weight excluding hydrogens is 203 g/mol. The van der Waals surface area contributed by atoms with Gasteiger partial charge in [0, 0.05) is 12.3 Å². The van der Waals surface area contributed by atoms with Crippen LogP contribution >= 0.6 is 8.07 Å². The Kier molecular flexibility index (Phi) is 9.38. The summed E-state index contributed by atoms with van der Waals surface area (Å²) < 4.78 is 0. The molecule has 0 heterocycles. The minimum absolute atomic E-state index is 0.0968. The first-order valence-electron chi connectivity index (χ1n) is 5.95. The number of rotatable bonds is 9. The van der Waals surface area contributed by atoms with E-state index in [1.165, 1.54) is 18.4 Å². The second kappa shape index (κ2) is 9.33. The molecule has 0 radical (unpaired) electrons. The van der Waals surface area contributed by atoms with E-state index in [-0.39, 0.29) is 8.07 Å². The molecule has 0 aliphatic carbocycles. The third kappa shape index (κ3) is 7.96. The van der Waals surface area contributed by atoms with Gasteiger partial charge in [-0.15, -0.1) is 0 Å². The maximum absolute atomic E-state index is 4.02. The molecule has 0 aliphatic rings. The van der Waals surface area contributed by atoms with Crippen LogP contribution in [0.25, 0.3) is 0 Å². The quantitative estimate of drug-likeness (QED) is 0.361. The van der Waals surface area contributed by atoms with Crippen molar-refractivity contribution in [2.75, 3.05) is 19.5 Å². The Hall–Kier alpha value is 0.0900. The van der Waals surface area contributed by atoms with Gasteiger partial charge in [0.2, 0.25) is 0 Å². The van der Waals surface area contributed by atoms with Crippen LogP contribution < -0.4 is 10.4 Å². The Morgan fingerprint density at radius 3 is 2.53 bits per heavy atom. The maximum Gasteiger partial charge on any atom is 0.0308 e. The van der Waals surface area contributed by atoms with Crippen molar-refractivity contribution < 1.29 is 0 Å². The van der Waals surface area contributed by atoms with E-state index in [9.17, 15) is 0 Å². The monoisotopic (exact) mass is 230 g/mol. The van der Waals surface area contributed by atoms with Crippen LogP contribution in [0.1, 0.15) is 40.0 Å². The fourth-order valence-electron chi connectivity index (χ4n) is 1.41. The van der Waals surface area contributed by atoms with Crippen molar-refractivity contribution in [1.82, 2.24) is 10.4 Å². The average molecular weight is 230 g/mol. The number of nitrogens with one attached hydrogen (secondary N) is 2. The van der Waals surface area contributed by atoms with Crippen LogP contribution in [0.4, 0.5) is 0 Å². The van der Waals surface area contributed by atoms with Gasteiger partial charge in [-0.1, -0.05) is 32.4 Å². The van der Waals surface area contributed by atoms with Gasteiger partial charge in [0.05, 0.1) is 0 Å². The lowest BCUT2D eigenvalue weighted by Gasteiger charge is -2.23. The molecule has 0 rings (SSSR count). The first kappa shape index (κ1) is 15.1. The molecule has 0 aromatic carbocycles. The molecule has 3 heteroatoms. The number of hydrogen-bond donors (Lipinski definition) is 2. The summed E-state index contributed by atoms with van der Waals surface area (Å²) in [6.45, 7) is 14.0. The summed E-state index contributed by atoms with van der Waals surface area (Å²) in [6.07, 6.45) is 4.79. The van der Waals surface area contributed by atoms with Crippen molar-refractivity contribution in [3.05, 3.63) is 12.2 Å². The zero-order valence-corrected chi connectivity index (χ0v) is 11.7. The lowest BCUT2D eigenvalue weighted by atomic mass is 10.1. The van der Waals surface area contributed by atoms with Gasteiger partial charge in [0.1, 0.15) is 0 Å². The first-order chi connectivity index (χ1) is 7.11. The summed E-state index contributed by atoms with van der Waals surface area (Å²) in [5, 5.41) is 7.14. The Labute approximate surface area is 96.7 Å².